The number of halogens is 3. The van der Waals surface area contributed by atoms with Gasteiger partial charge in [0.05, 0.1) is 29.5 Å². The molecule has 2 aliphatic rings. The summed E-state index contributed by atoms with van der Waals surface area (Å²) >= 11 is 0. The maximum atomic E-state index is 12.9. The van der Waals surface area contributed by atoms with Crippen molar-refractivity contribution < 1.29 is 23.0 Å². The van der Waals surface area contributed by atoms with Gasteiger partial charge in [0.25, 0.3) is 0 Å². The standard InChI is InChI=1S/C17H19F3N2O2/c18-17(19,20)12-3-4-14(11(8-12)9-21)22-6-1-2-15(22)13-10-24-7-5-16(13)23/h3-4,8,13,15-16,23H,1-2,5-7,10H2/t13-,15+,16+/m0/s1. The first-order valence-electron chi connectivity index (χ1n) is 8.05. The maximum Gasteiger partial charge on any atom is 0.416 e. The fourth-order valence-corrected chi connectivity index (χ4v) is 3.71. The number of rotatable bonds is 2. The number of anilines is 1. The van der Waals surface area contributed by atoms with Gasteiger partial charge in [0.15, 0.2) is 0 Å². The summed E-state index contributed by atoms with van der Waals surface area (Å²) in [5.41, 5.74) is -0.298. The lowest BCUT2D eigenvalue weighted by Crippen LogP contribution is -2.46. The van der Waals surface area contributed by atoms with E-state index in [1.165, 1.54) is 6.07 Å². The molecule has 0 unspecified atom stereocenters. The fourth-order valence-electron chi connectivity index (χ4n) is 3.71. The number of aliphatic hydroxyl groups excluding tert-OH is 1. The smallest absolute Gasteiger partial charge is 0.393 e. The van der Waals surface area contributed by atoms with Crippen LogP contribution in [0.15, 0.2) is 18.2 Å². The normalized spacial score (nSPS) is 28.0. The van der Waals surface area contributed by atoms with E-state index in [0.29, 0.717) is 31.9 Å². The molecule has 0 aliphatic carbocycles. The van der Waals surface area contributed by atoms with Crippen LogP contribution >= 0.6 is 0 Å². The molecule has 1 aromatic rings. The third-order valence-corrected chi connectivity index (χ3v) is 4.91. The largest absolute Gasteiger partial charge is 0.416 e. The number of alkyl halides is 3. The quantitative estimate of drug-likeness (QED) is 0.899. The highest BCUT2D eigenvalue weighted by molar-refractivity contribution is 5.62. The summed E-state index contributed by atoms with van der Waals surface area (Å²) in [4.78, 5) is 1.96. The average molecular weight is 340 g/mol. The van der Waals surface area contributed by atoms with Crippen molar-refractivity contribution in [3.05, 3.63) is 29.3 Å². The maximum absolute atomic E-state index is 12.9. The summed E-state index contributed by atoms with van der Waals surface area (Å²) in [5, 5.41) is 19.6. The van der Waals surface area contributed by atoms with Gasteiger partial charge in [0.2, 0.25) is 0 Å². The van der Waals surface area contributed by atoms with Gasteiger partial charge in [-0.3, -0.25) is 0 Å². The molecule has 3 rings (SSSR count). The number of ether oxygens (including phenoxy) is 1. The van der Waals surface area contributed by atoms with Gasteiger partial charge >= 0.3 is 6.18 Å². The summed E-state index contributed by atoms with van der Waals surface area (Å²) in [6, 6.07) is 5.15. The van der Waals surface area contributed by atoms with Crippen molar-refractivity contribution in [1.82, 2.24) is 0 Å². The van der Waals surface area contributed by atoms with Gasteiger partial charge in [-0.15, -0.1) is 0 Å². The Bertz CT molecular complexity index is 642. The van der Waals surface area contributed by atoms with Gasteiger partial charge in [0.1, 0.15) is 6.07 Å². The summed E-state index contributed by atoms with van der Waals surface area (Å²) in [6.07, 6.45) is -2.68. The van der Waals surface area contributed by atoms with Crippen LogP contribution in [0.2, 0.25) is 0 Å². The first-order valence-corrected chi connectivity index (χ1v) is 8.05. The van der Waals surface area contributed by atoms with Gasteiger partial charge < -0.3 is 14.7 Å². The lowest BCUT2D eigenvalue weighted by molar-refractivity contribution is -0.137. The first-order chi connectivity index (χ1) is 11.4. The van der Waals surface area contributed by atoms with Crippen molar-refractivity contribution in [2.45, 2.75) is 37.6 Å². The predicted octanol–water partition coefficient (Wildman–Crippen LogP) is 2.94. The van der Waals surface area contributed by atoms with Crippen LogP contribution in [-0.2, 0) is 10.9 Å². The van der Waals surface area contributed by atoms with Crippen molar-refractivity contribution in [3.8, 4) is 6.07 Å². The zero-order valence-corrected chi connectivity index (χ0v) is 13.1. The highest BCUT2D eigenvalue weighted by Crippen LogP contribution is 2.37. The third-order valence-electron chi connectivity index (χ3n) is 4.91. The first kappa shape index (κ1) is 17.1. The molecule has 1 aromatic carbocycles. The number of benzene rings is 1. The van der Waals surface area contributed by atoms with E-state index >= 15 is 0 Å². The van der Waals surface area contributed by atoms with Crippen LogP contribution in [0, 0.1) is 17.2 Å². The molecule has 0 spiro atoms. The van der Waals surface area contributed by atoms with E-state index in [1.54, 1.807) is 0 Å². The molecule has 4 nitrogen and oxygen atoms in total. The van der Waals surface area contributed by atoms with Gasteiger partial charge in [-0.2, -0.15) is 18.4 Å². The second-order valence-electron chi connectivity index (χ2n) is 6.34. The Balaban J connectivity index is 1.91. The summed E-state index contributed by atoms with van der Waals surface area (Å²) < 4.78 is 44.0. The zero-order valence-electron chi connectivity index (χ0n) is 13.1. The van der Waals surface area contributed by atoms with Crippen LogP contribution in [0.25, 0.3) is 0 Å². The molecule has 1 N–H and O–H groups in total. The van der Waals surface area contributed by atoms with Crippen LogP contribution in [0.3, 0.4) is 0 Å². The molecule has 0 saturated carbocycles. The van der Waals surface area contributed by atoms with Crippen LogP contribution in [-0.4, -0.2) is 37.0 Å². The van der Waals surface area contributed by atoms with E-state index in [-0.39, 0.29) is 17.5 Å². The van der Waals surface area contributed by atoms with Crippen molar-refractivity contribution in [2.75, 3.05) is 24.7 Å². The molecule has 0 radical (unpaired) electrons. The Labute approximate surface area is 138 Å². The highest BCUT2D eigenvalue weighted by Gasteiger charge is 2.39. The van der Waals surface area contributed by atoms with E-state index in [4.69, 9.17) is 4.74 Å². The summed E-state index contributed by atoms with van der Waals surface area (Å²) in [5.74, 6) is -0.0879. The minimum atomic E-state index is -4.47. The van der Waals surface area contributed by atoms with Gasteiger partial charge in [-0.1, -0.05) is 0 Å². The predicted molar refractivity (Wildman–Crippen MR) is 81.5 cm³/mol. The second-order valence-corrected chi connectivity index (χ2v) is 6.34. The van der Waals surface area contributed by atoms with E-state index in [0.717, 1.165) is 25.0 Å². The lowest BCUT2D eigenvalue weighted by atomic mass is 9.89. The molecule has 130 valence electrons. The number of nitrogens with zero attached hydrogens (tertiary/aromatic N) is 2. The van der Waals surface area contributed by atoms with Crippen molar-refractivity contribution >= 4 is 5.69 Å². The molecular formula is C17H19F3N2O2. The van der Waals surface area contributed by atoms with Crippen molar-refractivity contribution in [2.24, 2.45) is 5.92 Å². The van der Waals surface area contributed by atoms with Crippen LogP contribution in [0.5, 0.6) is 0 Å². The molecule has 2 heterocycles. The van der Waals surface area contributed by atoms with Crippen LogP contribution < -0.4 is 4.90 Å². The summed E-state index contributed by atoms with van der Waals surface area (Å²) in [7, 11) is 0. The molecular weight excluding hydrogens is 321 g/mol. The molecule has 24 heavy (non-hydrogen) atoms. The molecule has 3 atom stereocenters. The Kier molecular flexibility index (Phi) is 4.70. The zero-order chi connectivity index (χ0) is 17.3. The molecule has 2 saturated heterocycles. The Morgan fingerprint density at radius 2 is 2.08 bits per heavy atom. The van der Waals surface area contributed by atoms with Crippen LogP contribution in [0.4, 0.5) is 18.9 Å². The molecule has 0 aromatic heterocycles. The molecule has 2 fully saturated rings. The molecule has 2 aliphatic heterocycles. The Hall–Kier alpha value is -1.78. The molecule has 7 heteroatoms. The minimum Gasteiger partial charge on any atom is -0.393 e. The van der Waals surface area contributed by atoms with Gasteiger partial charge in [-0.25, -0.2) is 0 Å². The Morgan fingerprint density at radius 1 is 1.29 bits per heavy atom. The minimum absolute atomic E-state index is 0.0166. The Morgan fingerprint density at radius 3 is 2.75 bits per heavy atom. The van der Waals surface area contributed by atoms with E-state index in [2.05, 4.69) is 0 Å². The lowest BCUT2D eigenvalue weighted by Gasteiger charge is -2.38. The van der Waals surface area contributed by atoms with Crippen molar-refractivity contribution in [3.63, 3.8) is 0 Å². The molecule has 0 bridgehead atoms. The van der Waals surface area contributed by atoms with Gasteiger partial charge in [-0.05, 0) is 37.5 Å². The van der Waals surface area contributed by atoms with Crippen molar-refractivity contribution in [1.29, 1.82) is 5.26 Å². The highest BCUT2D eigenvalue weighted by atomic mass is 19.4. The van der Waals surface area contributed by atoms with E-state index in [9.17, 15) is 23.5 Å². The fraction of sp³-hybridized carbons (Fsp3) is 0.588. The summed E-state index contributed by atoms with van der Waals surface area (Å²) in [6.45, 7) is 1.62. The number of aliphatic hydroxyl groups is 1. The SMILES string of the molecule is N#Cc1cc(C(F)(F)F)ccc1N1CCC[C@@H]1[C@@H]1COCC[C@H]1O. The van der Waals surface area contributed by atoms with E-state index < -0.39 is 17.8 Å². The molecule has 0 amide bonds. The van der Waals surface area contributed by atoms with E-state index in [1.807, 2.05) is 11.0 Å². The van der Waals surface area contributed by atoms with Gasteiger partial charge in [0, 0.05) is 25.1 Å². The van der Waals surface area contributed by atoms with Crippen LogP contribution in [0.1, 0.15) is 30.4 Å². The number of hydrogen-bond donors (Lipinski definition) is 1. The monoisotopic (exact) mass is 340 g/mol. The second kappa shape index (κ2) is 6.61. The third kappa shape index (κ3) is 3.21. The number of nitriles is 1. The number of hydrogen-bond acceptors (Lipinski definition) is 4. The average Bonchev–Trinajstić information content (AvgIpc) is 3.03. The topological polar surface area (TPSA) is 56.5 Å².